The molecule has 0 amide bonds. The van der Waals surface area contributed by atoms with Gasteiger partial charge < -0.3 is 33.5 Å². The number of hydrogen-bond acceptors (Lipinski definition) is 7. The maximum Gasteiger partial charge on any atom is 0.123 e. The fourth-order valence-corrected chi connectivity index (χ4v) is 8.84. The highest BCUT2D eigenvalue weighted by molar-refractivity contribution is 5.42. The molecule has 0 saturated carbocycles. The molecule has 3 aromatic rings. The van der Waals surface area contributed by atoms with E-state index in [0.29, 0.717) is 56.7 Å². The molecule has 0 aliphatic heterocycles. The number of benzene rings is 3. The molecule has 7 nitrogen and oxygen atoms in total. The maximum atomic E-state index is 10.3. The molecule has 0 unspecified atom stereocenters. The van der Waals surface area contributed by atoms with Crippen LogP contribution in [-0.2, 0) is 19.8 Å². The zero-order chi connectivity index (χ0) is 51.2. The monoisotopic (exact) mass is 993 g/mol. The van der Waals surface area contributed by atoms with Crippen molar-refractivity contribution in [3.05, 3.63) is 122 Å². The summed E-state index contributed by atoms with van der Waals surface area (Å²) in [6.45, 7) is 18.5. The summed E-state index contributed by atoms with van der Waals surface area (Å²) in [6.07, 6.45) is 46.6. The van der Waals surface area contributed by atoms with Crippen LogP contribution in [0.2, 0.25) is 0 Å². The first-order chi connectivity index (χ1) is 35.6. The minimum atomic E-state index is -0.133. The quantitative estimate of drug-likeness (QED) is 0.0446. The molecule has 72 heavy (non-hydrogen) atoms. The van der Waals surface area contributed by atoms with E-state index in [1.807, 2.05) is 54.6 Å². The molecule has 0 atom stereocenters. The molecule has 0 radical (unpaired) electrons. The Morgan fingerprint density at radius 1 is 0.264 bits per heavy atom. The standard InChI is InChI=1S/C65H100O7/c1-5-9-13-17-21-25-29-33-37-41-67-60-47-58(48-61(51-60)68-42-38-34-30-26-22-18-14-10-6-2)55-71-64-45-57(54-66)46-65(53-64)72-56-59-49-62(69-43-39-35-31-27-23-19-15-11-7-3)52-63(50-59)70-44-40-36-32-28-24-20-16-12-8-4/h5-8,45-53,66H,1-4,9-44,54-56H2. The van der Waals surface area contributed by atoms with Crippen LogP contribution in [0.4, 0.5) is 0 Å². The topological polar surface area (TPSA) is 75.6 Å². The second-order valence-corrected chi connectivity index (χ2v) is 19.8. The van der Waals surface area contributed by atoms with E-state index >= 15 is 0 Å². The van der Waals surface area contributed by atoms with Crippen LogP contribution in [0.5, 0.6) is 34.5 Å². The molecule has 0 aromatic heterocycles. The van der Waals surface area contributed by atoms with Crippen LogP contribution in [0.15, 0.2) is 105 Å². The third-order valence-electron chi connectivity index (χ3n) is 13.1. The third kappa shape index (κ3) is 32.5. The Balaban J connectivity index is 1.62. The van der Waals surface area contributed by atoms with Crippen molar-refractivity contribution < 1.29 is 33.5 Å². The van der Waals surface area contributed by atoms with Gasteiger partial charge in [-0.25, -0.2) is 0 Å². The lowest BCUT2D eigenvalue weighted by Crippen LogP contribution is -2.04. The Kier molecular flexibility index (Phi) is 37.6. The zero-order valence-corrected chi connectivity index (χ0v) is 45.3. The van der Waals surface area contributed by atoms with Gasteiger partial charge in [0.15, 0.2) is 0 Å². The summed E-state index contributed by atoms with van der Waals surface area (Å²) in [4.78, 5) is 0. The van der Waals surface area contributed by atoms with E-state index < -0.39 is 0 Å². The zero-order valence-electron chi connectivity index (χ0n) is 45.3. The Labute approximate surface area is 439 Å². The first-order valence-corrected chi connectivity index (χ1v) is 28.8. The predicted molar refractivity (Wildman–Crippen MR) is 304 cm³/mol. The van der Waals surface area contributed by atoms with Gasteiger partial charge in [-0.1, -0.05) is 153 Å². The minimum absolute atomic E-state index is 0.133. The van der Waals surface area contributed by atoms with Gasteiger partial charge in [-0.05, 0) is 130 Å². The SMILES string of the molecule is C=CCCCCCCCCCOc1cc(COc2cc(CO)cc(OCc3cc(OCCCCCCCCCC=C)cc(OCCCCCCCCCC=C)c3)c2)cc(OCCCCCCCCCC=C)c1. The number of ether oxygens (including phenoxy) is 6. The third-order valence-corrected chi connectivity index (χ3v) is 13.1. The maximum absolute atomic E-state index is 10.3. The molecule has 0 heterocycles. The highest BCUT2D eigenvalue weighted by Crippen LogP contribution is 2.30. The molecule has 0 bridgehead atoms. The van der Waals surface area contributed by atoms with Crippen molar-refractivity contribution in [3.8, 4) is 34.5 Å². The van der Waals surface area contributed by atoms with E-state index in [9.17, 15) is 5.11 Å². The number of allylic oxidation sites excluding steroid dienone is 4. The second kappa shape index (κ2) is 43.9. The largest absolute Gasteiger partial charge is 0.493 e. The van der Waals surface area contributed by atoms with Crippen molar-refractivity contribution in [1.29, 1.82) is 0 Å². The van der Waals surface area contributed by atoms with Crippen molar-refractivity contribution in [2.45, 2.75) is 225 Å². The molecule has 402 valence electrons. The van der Waals surface area contributed by atoms with E-state index in [2.05, 4.69) is 50.6 Å². The first kappa shape index (κ1) is 61.7. The molecule has 0 aliphatic carbocycles. The van der Waals surface area contributed by atoms with Crippen LogP contribution in [0.25, 0.3) is 0 Å². The summed E-state index contributed by atoms with van der Waals surface area (Å²) in [5, 5.41) is 10.3. The Morgan fingerprint density at radius 2 is 0.472 bits per heavy atom. The van der Waals surface area contributed by atoms with Crippen LogP contribution in [0, 0.1) is 0 Å². The molecular weight excluding hydrogens is 893 g/mol. The van der Waals surface area contributed by atoms with Crippen LogP contribution in [-0.4, -0.2) is 31.5 Å². The average molecular weight is 994 g/mol. The lowest BCUT2D eigenvalue weighted by Gasteiger charge is -2.15. The first-order valence-electron chi connectivity index (χ1n) is 28.8. The van der Waals surface area contributed by atoms with Crippen LogP contribution >= 0.6 is 0 Å². The van der Waals surface area contributed by atoms with Crippen molar-refractivity contribution in [3.63, 3.8) is 0 Å². The Hall–Kier alpha value is -4.62. The predicted octanol–water partition coefficient (Wildman–Crippen LogP) is 19.1. The molecule has 0 spiro atoms. The van der Waals surface area contributed by atoms with Gasteiger partial charge in [0.2, 0.25) is 0 Å². The fraction of sp³-hybridized carbons (Fsp3) is 0.600. The van der Waals surface area contributed by atoms with E-state index in [-0.39, 0.29) is 6.61 Å². The number of hydrogen-bond donors (Lipinski definition) is 1. The van der Waals surface area contributed by atoms with Crippen molar-refractivity contribution in [2.24, 2.45) is 0 Å². The lowest BCUT2D eigenvalue weighted by molar-refractivity contribution is 0.267. The second-order valence-electron chi connectivity index (χ2n) is 19.8. The highest BCUT2D eigenvalue weighted by Gasteiger charge is 2.11. The Bertz CT molecular complexity index is 1600. The average Bonchev–Trinajstić information content (AvgIpc) is 3.39. The van der Waals surface area contributed by atoms with Crippen molar-refractivity contribution in [2.75, 3.05) is 26.4 Å². The number of rotatable bonds is 51. The molecule has 3 rings (SSSR count). The van der Waals surface area contributed by atoms with E-state index in [1.54, 1.807) is 0 Å². The van der Waals surface area contributed by atoms with Gasteiger partial charge in [-0.3, -0.25) is 0 Å². The summed E-state index contributed by atoms with van der Waals surface area (Å²) in [5.41, 5.74) is 2.63. The van der Waals surface area contributed by atoms with E-state index in [4.69, 9.17) is 28.4 Å². The van der Waals surface area contributed by atoms with Gasteiger partial charge in [0.1, 0.15) is 47.7 Å². The van der Waals surface area contributed by atoms with E-state index in [1.165, 1.54) is 128 Å². The summed E-state index contributed by atoms with van der Waals surface area (Å²) in [7, 11) is 0. The molecule has 1 N–H and O–H groups in total. The van der Waals surface area contributed by atoms with Gasteiger partial charge in [-0.15, -0.1) is 26.3 Å². The minimum Gasteiger partial charge on any atom is -0.493 e. The molecular formula is C65H100O7. The van der Waals surface area contributed by atoms with Gasteiger partial charge in [-0.2, -0.15) is 0 Å². The highest BCUT2D eigenvalue weighted by atomic mass is 16.5. The van der Waals surface area contributed by atoms with Crippen molar-refractivity contribution in [1.82, 2.24) is 0 Å². The lowest BCUT2D eigenvalue weighted by atomic mass is 10.1. The number of unbranched alkanes of at least 4 members (excludes halogenated alkanes) is 28. The molecule has 3 aromatic carbocycles. The summed E-state index contributed by atoms with van der Waals surface area (Å²) >= 11 is 0. The van der Waals surface area contributed by atoms with Gasteiger partial charge in [0.25, 0.3) is 0 Å². The number of aliphatic hydroxyl groups excluding tert-OH is 1. The molecule has 0 fully saturated rings. The normalized spacial score (nSPS) is 11.0. The van der Waals surface area contributed by atoms with Crippen LogP contribution in [0.3, 0.4) is 0 Å². The summed E-state index contributed by atoms with van der Waals surface area (Å²) in [6, 6.07) is 17.9. The molecule has 0 saturated heterocycles. The van der Waals surface area contributed by atoms with Gasteiger partial charge in [0, 0.05) is 18.2 Å². The van der Waals surface area contributed by atoms with Gasteiger partial charge in [0.05, 0.1) is 33.0 Å². The smallest absolute Gasteiger partial charge is 0.123 e. The molecule has 0 aliphatic rings. The summed E-state index contributed by atoms with van der Waals surface area (Å²) in [5.74, 6) is 4.44. The summed E-state index contributed by atoms with van der Waals surface area (Å²) < 4.78 is 38.2. The van der Waals surface area contributed by atoms with E-state index in [0.717, 1.165) is 111 Å². The number of aliphatic hydroxyl groups is 1. The van der Waals surface area contributed by atoms with Crippen molar-refractivity contribution >= 4 is 0 Å². The van der Waals surface area contributed by atoms with Crippen LogP contribution in [0.1, 0.15) is 222 Å². The molecule has 7 heteroatoms. The Morgan fingerprint density at radius 3 is 0.708 bits per heavy atom. The fourth-order valence-electron chi connectivity index (χ4n) is 8.84. The van der Waals surface area contributed by atoms with Gasteiger partial charge >= 0.3 is 0 Å². The van der Waals surface area contributed by atoms with Crippen LogP contribution < -0.4 is 28.4 Å².